The van der Waals surface area contributed by atoms with Crippen molar-refractivity contribution in [2.24, 2.45) is 4.99 Å². The van der Waals surface area contributed by atoms with Gasteiger partial charge in [-0.3, -0.25) is 9.36 Å². The minimum atomic E-state index is -0.543. The number of furan rings is 1. The minimum absolute atomic E-state index is 0.206. The van der Waals surface area contributed by atoms with Crippen molar-refractivity contribution in [3.63, 3.8) is 0 Å². The molecule has 4 rings (SSSR count). The number of carbonyl (C=O) groups is 1. The fraction of sp³-hybridized carbons (Fsp3) is 0.211. The monoisotopic (exact) mass is 400 g/mol. The molecule has 1 aliphatic heterocycles. The maximum Gasteiger partial charge on any atom is 0.338 e. The van der Waals surface area contributed by atoms with Gasteiger partial charge < -0.3 is 9.15 Å². The second-order valence-electron chi connectivity index (χ2n) is 5.83. The van der Waals surface area contributed by atoms with Gasteiger partial charge in [0.1, 0.15) is 11.8 Å². The number of hydrogen-bond donors (Lipinski definition) is 0. The van der Waals surface area contributed by atoms with Gasteiger partial charge in [0.25, 0.3) is 5.56 Å². The third kappa shape index (κ3) is 3.11. The average Bonchev–Trinajstić information content (AvgIpc) is 3.38. The molecule has 3 aromatic rings. The number of ether oxygens (including phenoxy) is 1. The molecule has 0 amide bonds. The number of carbonyl (C=O) groups excluding carboxylic acids is 1. The fourth-order valence-corrected chi connectivity index (χ4v) is 4.86. The van der Waals surface area contributed by atoms with Crippen LogP contribution in [0.3, 0.4) is 0 Å². The van der Waals surface area contributed by atoms with E-state index in [1.54, 1.807) is 42.9 Å². The summed E-state index contributed by atoms with van der Waals surface area (Å²) in [6.07, 6.45) is 3.25. The van der Waals surface area contributed by atoms with E-state index in [2.05, 4.69) is 4.99 Å². The van der Waals surface area contributed by atoms with Crippen molar-refractivity contribution in [1.82, 2.24) is 4.57 Å². The van der Waals surface area contributed by atoms with Crippen LogP contribution in [0.25, 0.3) is 6.08 Å². The summed E-state index contributed by atoms with van der Waals surface area (Å²) in [5, 5.41) is 1.92. The van der Waals surface area contributed by atoms with E-state index < -0.39 is 12.0 Å². The lowest BCUT2D eigenvalue weighted by atomic mass is 10.0. The molecule has 0 bridgehead atoms. The van der Waals surface area contributed by atoms with Crippen molar-refractivity contribution in [2.45, 2.75) is 19.9 Å². The number of rotatable bonds is 4. The molecule has 1 aliphatic rings. The molecule has 0 radical (unpaired) electrons. The first kappa shape index (κ1) is 17.7. The molecule has 6 nitrogen and oxygen atoms in total. The van der Waals surface area contributed by atoms with Gasteiger partial charge in [0.05, 0.1) is 28.7 Å². The summed E-state index contributed by atoms with van der Waals surface area (Å²) in [6, 6.07) is 6.82. The molecule has 8 heteroatoms. The highest BCUT2D eigenvalue weighted by atomic mass is 32.1. The quantitative estimate of drug-likeness (QED) is 0.631. The molecule has 0 saturated carbocycles. The Bertz CT molecular complexity index is 1180. The van der Waals surface area contributed by atoms with Crippen molar-refractivity contribution >= 4 is 34.7 Å². The topological polar surface area (TPSA) is 73.8 Å². The number of esters is 1. The number of hydrogen-bond acceptors (Lipinski definition) is 7. The Morgan fingerprint density at radius 1 is 1.41 bits per heavy atom. The predicted octanol–water partition coefficient (Wildman–Crippen LogP) is 2.45. The van der Waals surface area contributed by atoms with Gasteiger partial charge in [0, 0.05) is 11.0 Å². The first-order chi connectivity index (χ1) is 13.1. The number of thiophene rings is 1. The molecule has 0 N–H and O–H groups in total. The molecule has 4 heterocycles. The summed E-state index contributed by atoms with van der Waals surface area (Å²) < 4.78 is 12.6. The van der Waals surface area contributed by atoms with Crippen LogP contribution in [-0.2, 0) is 9.53 Å². The highest BCUT2D eigenvalue weighted by Gasteiger charge is 2.33. The summed E-state index contributed by atoms with van der Waals surface area (Å²) in [5.74, 6) is 0.145. The van der Waals surface area contributed by atoms with Crippen LogP contribution in [0, 0.1) is 0 Å². The Hall–Kier alpha value is -2.71. The van der Waals surface area contributed by atoms with Gasteiger partial charge in [-0.25, -0.2) is 9.79 Å². The molecule has 0 fully saturated rings. The average molecular weight is 400 g/mol. The van der Waals surface area contributed by atoms with E-state index in [1.807, 2.05) is 17.5 Å². The van der Waals surface area contributed by atoms with Gasteiger partial charge >= 0.3 is 5.97 Å². The van der Waals surface area contributed by atoms with Crippen LogP contribution < -0.4 is 14.9 Å². The van der Waals surface area contributed by atoms with Gasteiger partial charge in [-0.15, -0.1) is 11.3 Å². The maximum absolute atomic E-state index is 13.1. The van der Waals surface area contributed by atoms with E-state index in [9.17, 15) is 9.59 Å². The van der Waals surface area contributed by atoms with Crippen LogP contribution in [0.15, 0.2) is 61.4 Å². The Morgan fingerprint density at radius 3 is 2.93 bits per heavy atom. The van der Waals surface area contributed by atoms with E-state index in [4.69, 9.17) is 9.15 Å². The summed E-state index contributed by atoms with van der Waals surface area (Å²) >= 11 is 2.77. The van der Waals surface area contributed by atoms with E-state index in [1.165, 1.54) is 22.7 Å². The number of aromatic nitrogens is 1. The van der Waals surface area contributed by atoms with Gasteiger partial charge in [0.2, 0.25) is 0 Å². The third-order valence-corrected chi connectivity index (χ3v) is 6.05. The molecule has 1 unspecified atom stereocenters. The van der Waals surface area contributed by atoms with Crippen molar-refractivity contribution in [1.29, 1.82) is 0 Å². The summed E-state index contributed by atoms with van der Waals surface area (Å²) in [5.41, 5.74) is 0.761. The summed E-state index contributed by atoms with van der Waals surface area (Å²) in [7, 11) is 0. The molecule has 0 aromatic carbocycles. The highest BCUT2D eigenvalue weighted by Crippen LogP contribution is 2.33. The van der Waals surface area contributed by atoms with Gasteiger partial charge in [0.15, 0.2) is 4.80 Å². The maximum atomic E-state index is 13.1. The molecule has 1 atom stereocenters. The van der Waals surface area contributed by atoms with Crippen LogP contribution in [0.5, 0.6) is 0 Å². The molecule has 0 spiro atoms. The van der Waals surface area contributed by atoms with Gasteiger partial charge in [-0.1, -0.05) is 17.4 Å². The van der Waals surface area contributed by atoms with Gasteiger partial charge in [-0.2, -0.15) is 0 Å². The molecular weight excluding hydrogens is 384 g/mol. The normalized spacial score (nSPS) is 17.0. The van der Waals surface area contributed by atoms with Crippen LogP contribution in [0.1, 0.15) is 30.5 Å². The fourth-order valence-electron chi connectivity index (χ4n) is 3.01. The number of nitrogens with zero attached hydrogens (tertiary/aromatic N) is 2. The number of allylic oxidation sites excluding steroid dienone is 1. The molecule has 138 valence electrons. The number of thiazole rings is 1. The van der Waals surface area contributed by atoms with E-state index in [-0.39, 0.29) is 12.2 Å². The lowest BCUT2D eigenvalue weighted by molar-refractivity contribution is -0.139. The van der Waals surface area contributed by atoms with E-state index in [0.717, 1.165) is 4.88 Å². The molecule has 0 saturated heterocycles. The zero-order valence-corrected chi connectivity index (χ0v) is 16.3. The summed E-state index contributed by atoms with van der Waals surface area (Å²) in [6.45, 7) is 3.79. The zero-order valence-electron chi connectivity index (χ0n) is 14.7. The third-order valence-electron chi connectivity index (χ3n) is 4.15. The van der Waals surface area contributed by atoms with Crippen LogP contribution in [-0.4, -0.2) is 17.1 Å². The van der Waals surface area contributed by atoms with E-state index in [0.29, 0.717) is 26.4 Å². The lowest BCUT2D eigenvalue weighted by Crippen LogP contribution is -2.39. The van der Waals surface area contributed by atoms with Crippen LogP contribution in [0.4, 0.5) is 0 Å². The number of fused-ring (bicyclic) bond motifs is 1. The van der Waals surface area contributed by atoms with Crippen molar-refractivity contribution in [2.75, 3.05) is 6.61 Å². The first-order valence-electron chi connectivity index (χ1n) is 8.36. The molecule has 0 aliphatic carbocycles. The predicted molar refractivity (Wildman–Crippen MR) is 103 cm³/mol. The molecule has 3 aromatic heterocycles. The van der Waals surface area contributed by atoms with Crippen LogP contribution >= 0.6 is 22.7 Å². The van der Waals surface area contributed by atoms with E-state index >= 15 is 0 Å². The SMILES string of the molecule is CCOC(=O)C1=C(C)N=c2sc(=Cc3ccco3)c(=O)n2C1c1cccs1. The van der Waals surface area contributed by atoms with Crippen molar-refractivity contribution < 1.29 is 13.9 Å². The minimum Gasteiger partial charge on any atom is -0.465 e. The highest BCUT2D eigenvalue weighted by molar-refractivity contribution is 7.10. The first-order valence-corrected chi connectivity index (χ1v) is 10.1. The second-order valence-corrected chi connectivity index (χ2v) is 7.82. The molecule has 27 heavy (non-hydrogen) atoms. The smallest absolute Gasteiger partial charge is 0.338 e. The largest absolute Gasteiger partial charge is 0.465 e. The standard InChI is InChI=1S/C19H16N2O4S2/c1-3-24-18(23)15-11(2)20-19-21(16(15)13-7-5-9-26-13)17(22)14(27-19)10-12-6-4-8-25-12/h4-10,16H,3H2,1-2H3. The molecular formula is C19H16N2O4S2. The van der Waals surface area contributed by atoms with Crippen molar-refractivity contribution in [3.8, 4) is 0 Å². The Morgan fingerprint density at radius 2 is 2.26 bits per heavy atom. The zero-order chi connectivity index (χ0) is 19.0. The lowest BCUT2D eigenvalue weighted by Gasteiger charge is -2.23. The Balaban J connectivity index is 1.96. The second kappa shape index (κ2) is 7.13. The Kier molecular flexibility index (Phi) is 4.67. The van der Waals surface area contributed by atoms with Crippen LogP contribution in [0.2, 0.25) is 0 Å². The Labute approximate surface area is 162 Å². The van der Waals surface area contributed by atoms with Gasteiger partial charge in [-0.05, 0) is 37.4 Å². The summed E-state index contributed by atoms with van der Waals surface area (Å²) in [4.78, 5) is 31.7. The van der Waals surface area contributed by atoms with Crippen molar-refractivity contribution in [3.05, 3.63) is 77.5 Å².